The zero-order valence-electron chi connectivity index (χ0n) is 13.4. The molecule has 0 atom stereocenters. The number of carboxylic acid groups (broad SMARTS) is 1. The Morgan fingerprint density at radius 2 is 1.92 bits per heavy atom. The molecule has 1 aromatic heterocycles. The molecule has 3 aromatic rings. The number of nitrogens with zero attached hydrogens (tertiary/aromatic N) is 2. The fourth-order valence-electron chi connectivity index (χ4n) is 2.46. The first-order chi connectivity index (χ1) is 11.4. The molecule has 122 valence electrons. The van der Waals surface area contributed by atoms with Crippen LogP contribution >= 0.6 is 0 Å². The van der Waals surface area contributed by atoms with Gasteiger partial charge in [-0.15, -0.1) is 0 Å². The van der Waals surface area contributed by atoms with Crippen molar-refractivity contribution >= 4 is 5.97 Å². The first-order valence-corrected chi connectivity index (χ1v) is 7.32. The quantitative estimate of drug-likeness (QED) is 0.782. The van der Waals surface area contributed by atoms with E-state index in [2.05, 4.69) is 10.1 Å². The topological polar surface area (TPSA) is 76.2 Å². The van der Waals surface area contributed by atoms with Crippen LogP contribution < -0.4 is 0 Å². The van der Waals surface area contributed by atoms with E-state index in [1.54, 1.807) is 25.1 Å². The molecule has 0 aliphatic heterocycles. The minimum absolute atomic E-state index is 0.0568. The minimum Gasteiger partial charge on any atom is -0.478 e. The van der Waals surface area contributed by atoms with E-state index in [0.29, 0.717) is 11.1 Å². The van der Waals surface area contributed by atoms with E-state index in [1.165, 1.54) is 12.1 Å². The number of carbonyl (C=O) groups is 1. The van der Waals surface area contributed by atoms with Gasteiger partial charge < -0.3 is 9.63 Å². The summed E-state index contributed by atoms with van der Waals surface area (Å²) in [7, 11) is 0. The van der Waals surface area contributed by atoms with Gasteiger partial charge in [-0.25, -0.2) is 9.18 Å². The number of carboxylic acids is 1. The summed E-state index contributed by atoms with van der Waals surface area (Å²) in [6.45, 7) is 5.39. The molecule has 5 nitrogen and oxygen atoms in total. The highest BCUT2D eigenvalue weighted by molar-refractivity contribution is 5.91. The summed E-state index contributed by atoms with van der Waals surface area (Å²) in [5, 5.41) is 13.2. The molecule has 6 heteroatoms. The number of hydrogen-bond donors (Lipinski definition) is 1. The van der Waals surface area contributed by atoms with E-state index in [9.17, 15) is 14.3 Å². The lowest BCUT2D eigenvalue weighted by Gasteiger charge is -2.06. The number of hydrogen-bond acceptors (Lipinski definition) is 4. The van der Waals surface area contributed by atoms with Crippen LogP contribution in [0.4, 0.5) is 4.39 Å². The summed E-state index contributed by atoms with van der Waals surface area (Å²) in [5.74, 6) is -1.20. The first-order valence-electron chi connectivity index (χ1n) is 7.32. The Morgan fingerprint density at radius 3 is 2.62 bits per heavy atom. The van der Waals surface area contributed by atoms with E-state index in [0.717, 1.165) is 11.1 Å². The number of aromatic carboxylic acids is 1. The van der Waals surface area contributed by atoms with Crippen molar-refractivity contribution in [2.75, 3.05) is 0 Å². The maximum absolute atomic E-state index is 13.9. The van der Waals surface area contributed by atoms with Gasteiger partial charge in [0.05, 0.1) is 11.1 Å². The molecule has 3 rings (SSSR count). The molecule has 1 N–H and O–H groups in total. The standard InChI is InChI=1S/C18H15FN2O3/c1-9-4-5-15(19)14(6-9)17-20-16(21-24-17)12-7-10(2)11(3)13(8-12)18(22)23/h4-8H,1-3H3,(H,22,23). The van der Waals surface area contributed by atoms with Gasteiger partial charge >= 0.3 is 5.97 Å². The average Bonchev–Trinajstić information content (AvgIpc) is 3.01. The van der Waals surface area contributed by atoms with Crippen molar-refractivity contribution in [3.8, 4) is 22.8 Å². The monoisotopic (exact) mass is 326 g/mol. The predicted octanol–water partition coefficient (Wildman–Crippen LogP) is 4.17. The summed E-state index contributed by atoms with van der Waals surface area (Å²) >= 11 is 0. The van der Waals surface area contributed by atoms with E-state index in [-0.39, 0.29) is 22.8 Å². The van der Waals surface area contributed by atoms with Crippen molar-refractivity contribution in [1.29, 1.82) is 0 Å². The predicted molar refractivity (Wildman–Crippen MR) is 86.3 cm³/mol. The van der Waals surface area contributed by atoms with Crippen LogP contribution in [0.3, 0.4) is 0 Å². The van der Waals surface area contributed by atoms with Gasteiger partial charge in [-0.3, -0.25) is 0 Å². The molecule has 1 heterocycles. The maximum atomic E-state index is 13.9. The molecule has 0 saturated heterocycles. The van der Waals surface area contributed by atoms with Crippen LogP contribution in [0.1, 0.15) is 27.0 Å². The molecule has 0 amide bonds. The molecule has 0 spiro atoms. The molecule has 24 heavy (non-hydrogen) atoms. The molecule has 2 aromatic carbocycles. The summed E-state index contributed by atoms with van der Waals surface area (Å²) in [6.07, 6.45) is 0. The maximum Gasteiger partial charge on any atom is 0.335 e. The molecular formula is C18H15FN2O3. The summed E-state index contributed by atoms with van der Waals surface area (Å²) in [4.78, 5) is 15.6. The van der Waals surface area contributed by atoms with Crippen molar-refractivity contribution in [2.24, 2.45) is 0 Å². The SMILES string of the molecule is Cc1ccc(F)c(-c2nc(-c3cc(C)c(C)c(C(=O)O)c3)no2)c1. The van der Waals surface area contributed by atoms with Gasteiger partial charge in [0.25, 0.3) is 5.89 Å². The van der Waals surface area contributed by atoms with Gasteiger partial charge in [0.2, 0.25) is 5.82 Å². The molecule has 0 bridgehead atoms. The number of aryl methyl sites for hydroxylation is 2. The lowest BCUT2D eigenvalue weighted by Crippen LogP contribution is -2.02. The van der Waals surface area contributed by atoms with Crippen LogP contribution in [-0.4, -0.2) is 21.2 Å². The van der Waals surface area contributed by atoms with Crippen LogP contribution in [0.5, 0.6) is 0 Å². The molecule has 0 radical (unpaired) electrons. The number of aromatic nitrogens is 2. The van der Waals surface area contributed by atoms with Crippen molar-refractivity contribution < 1.29 is 18.8 Å². The van der Waals surface area contributed by atoms with Gasteiger partial charge in [0.1, 0.15) is 5.82 Å². The van der Waals surface area contributed by atoms with Crippen LogP contribution in [0, 0.1) is 26.6 Å². The third kappa shape index (κ3) is 2.78. The van der Waals surface area contributed by atoms with Gasteiger partial charge in [0.15, 0.2) is 0 Å². The largest absolute Gasteiger partial charge is 0.478 e. The Labute approximate surface area is 137 Å². The van der Waals surface area contributed by atoms with E-state index >= 15 is 0 Å². The normalized spacial score (nSPS) is 10.8. The Kier molecular flexibility index (Phi) is 3.89. The van der Waals surface area contributed by atoms with Crippen molar-refractivity contribution in [2.45, 2.75) is 20.8 Å². The number of benzene rings is 2. The van der Waals surface area contributed by atoms with Gasteiger partial charge in [-0.2, -0.15) is 4.98 Å². The highest BCUT2D eigenvalue weighted by Crippen LogP contribution is 2.27. The third-order valence-electron chi connectivity index (χ3n) is 3.93. The highest BCUT2D eigenvalue weighted by atomic mass is 19.1. The van der Waals surface area contributed by atoms with Crippen LogP contribution in [0.2, 0.25) is 0 Å². The summed E-state index contributed by atoms with van der Waals surface area (Å²) in [6, 6.07) is 7.89. The van der Waals surface area contributed by atoms with E-state index < -0.39 is 11.8 Å². The smallest absolute Gasteiger partial charge is 0.335 e. The Balaban J connectivity index is 2.08. The fraction of sp³-hybridized carbons (Fsp3) is 0.167. The lowest BCUT2D eigenvalue weighted by molar-refractivity contribution is 0.0696. The van der Waals surface area contributed by atoms with Gasteiger partial charge in [0, 0.05) is 5.56 Å². The molecule has 0 saturated carbocycles. The minimum atomic E-state index is -1.02. The molecule has 0 aliphatic rings. The second kappa shape index (κ2) is 5.88. The highest BCUT2D eigenvalue weighted by Gasteiger charge is 2.17. The number of rotatable bonds is 3. The summed E-state index contributed by atoms with van der Waals surface area (Å²) in [5.41, 5.74) is 3.26. The molecular weight excluding hydrogens is 311 g/mol. The lowest BCUT2D eigenvalue weighted by atomic mass is 9.99. The zero-order chi connectivity index (χ0) is 17.4. The summed E-state index contributed by atoms with van der Waals surface area (Å²) < 4.78 is 19.1. The van der Waals surface area contributed by atoms with Crippen LogP contribution in [0.25, 0.3) is 22.8 Å². The fourth-order valence-corrected chi connectivity index (χ4v) is 2.46. The van der Waals surface area contributed by atoms with E-state index in [1.807, 2.05) is 13.8 Å². The van der Waals surface area contributed by atoms with Gasteiger partial charge in [-0.1, -0.05) is 16.8 Å². The van der Waals surface area contributed by atoms with Crippen molar-refractivity contribution in [3.63, 3.8) is 0 Å². The van der Waals surface area contributed by atoms with Crippen LogP contribution in [0.15, 0.2) is 34.9 Å². The van der Waals surface area contributed by atoms with Crippen LogP contribution in [-0.2, 0) is 0 Å². The Morgan fingerprint density at radius 1 is 1.17 bits per heavy atom. The second-order valence-corrected chi connectivity index (χ2v) is 5.68. The average molecular weight is 326 g/mol. The first kappa shape index (κ1) is 15.9. The molecule has 0 unspecified atom stereocenters. The number of halogens is 1. The molecule has 0 aliphatic carbocycles. The van der Waals surface area contributed by atoms with Crippen molar-refractivity contribution in [1.82, 2.24) is 10.1 Å². The molecule has 0 fully saturated rings. The zero-order valence-corrected chi connectivity index (χ0v) is 13.4. The Bertz CT molecular complexity index is 947. The third-order valence-corrected chi connectivity index (χ3v) is 3.93. The van der Waals surface area contributed by atoms with E-state index in [4.69, 9.17) is 4.52 Å². The Hall–Kier alpha value is -3.02. The second-order valence-electron chi connectivity index (χ2n) is 5.68. The van der Waals surface area contributed by atoms with Crippen molar-refractivity contribution in [3.05, 3.63) is 58.4 Å². The van der Waals surface area contributed by atoms with Gasteiger partial charge in [-0.05, 0) is 56.2 Å².